The number of ether oxygens (including phenoxy) is 2. The van der Waals surface area contributed by atoms with Gasteiger partial charge < -0.3 is 25.0 Å². The van der Waals surface area contributed by atoms with Crippen molar-refractivity contribution < 1.29 is 28.7 Å². The molecule has 3 atom stereocenters. The Labute approximate surface area is 212 Å². The third kappa shape index (κ3) is 9.17. The highest BCUT2D eigenvalue weighted by molar-refractivity contribution is 7.80. The number of nitrogens with one attached hydrogen (secondary N) is 2. The molecule has 0 fully saturated rings. The Morgan fingerprint density at radius 2 is 1.77 bits per heavy atom. The fraction of sp³-hybridized carbons (Fsp3) is 0.520. The third-order valence-corrected chi connectivity index (χ3v) is 5.41. The van der Waals surface area contributed by atoms with E-state index in [1.54, 1.807) is 52.0 Å². The summed E-state index contributed by atoms with van der Waals surface area (Å²) in [5, 5.41) is 5.07. The number of hydrogen-bond acceptors (Lipinski definition) is 7. The topological polar surface area (TPSA) is 114 Å². The molecule has 0 aliphatic rings. The van der Waals surface area contributed by atoms with E-state index in [2.05, 4.69) is 33.9 Å². The van der Waals surface area contributed by atoms with Crippen LogP contribution in [-0.4, -0.2) is 65.9 Å². The predicted octanol–water partition coefficient (Wildman–Crippen LogP) is 2.45. The molecule has 0 saturated heterocycles. The number of rotatable bonds is 10. The van der Waals surface area contributed by atoms with Crippen LogP contribution in [0.5, 0.6) is 0 Å². The molecule has 0 aliphatic carbocycles. The van der Waals surface area contributed by atoms with Crippen LogP contribution in [0, 0.1) is 12.3 Å². The zero-order chi connectivity index (χ0) is 26.8. The Bertz CT molecular complexity index is 936. The average Bonchev–Trinajstić information content (AvgIpc) is 2.82. The van der Waals surface area contributed by atoms with Crippen LogP contribution in [0.25, 0.3) is 0 Å². The Balaban J connectivity index is 3.44. The lowest BCUT2D eigenvalue weighted by atomic mass is 9.99. The molecule has 3 unspecified atom stereocenters. The molecule has 35 heavy (non-hydrogen) atoms. The summed E-state index contributed by atoms with van der Waals surface area (Å²) in [5.74, 6) is 0.723. The van der Waals surface area contributed by atoms with E-state index >= 15 is 0 Å². The molecule has 192 valence electrons. The van der Waals surface area contributed by atoms with Crippen LogP contribution in [0.2, 0.25) is 0 Å². The molecule has 2 N–H and O–H groups in total. The van der Waals surface area contributed by atoms with Crippen molar-refractivity contribution in [3.63, 3.8) is 0 Å². The number of hydrogen-bond donors (Lipinski definition) is 3. The monoisotopic (exact) mass is 505 g/mol. The van der Waals surface area contributed by atoms with Gasteiger partial charge in [-0.15, -0.1) is 6.42 Å². The van der Waals surface area contributed by atoms with Crippen molar-refractivity contribution in [3.05, 3.63) is 35.4 Å². The van der Waals surface area contributed by atoms with Gasteiger partial charge in [-0.1, -0.05) is 25.0 Å². The molecule has 1 rings (SSSR count). The van der Waals surface area contributed by atoms with Gasteiger partial charge in [-0.05, 0) is 51.8 Å². The molecule has 0 radical (unpaired) electrons. The van der Waals surface area contributed by atoms with E-state index in [1.807, 2.05) is 6.92 Å². The quantitative estimate of drug-likeness (QED) is 0.256. The minimum atomic E-state index is -1.11. The van der Waals surface area contributed by atoms with Gasteiger partial charge in [0.2, 0.25) is 11.8 Å². The van der Waals surface area contributed by atoms with Crippen molar-refractivity contribution in [2.75, 3.05) is 19.4 Å². The number of nitrogens with zero attached hydrogens (tertiary/aromatic N) is 1. The normalized spacial score (nSPS) is 13.4. The number of methoxy groups -OCH3 is 1. The molecule has 10 heteroatoms. The number of carbonyl (C=O) groups is 4. The molecule has 0 heterocycles. The first-order valence-electron chi connectivity index (χ1n) is 11.2. The summed E-state index contributed by atoms with van der Waals surface area (Å²) in [7, 11) is 1.21. The molecule has 0 aromatic heterocycles. The van der Waals surface area contributed by atoms with Crippen molar-refractivity contribution in [3.8, 4) is 12.3 Å². The van der Waals surface area contributed by atoms with Crippen molar-refractivity contribution in [1.29, 1.82) is 0 Å². The number of benzene rings is 1. The number of thiol groups is 1. The minimum Gasteiger partial charge on any atom is -0.468 e. The highest BCUT2D eigenvalue weighted by Gasteiger charge is 2.38. The third-order valence-electron chi connectivity index (χ3n) is 5.05. The summed E-state index contributed by atoms with van der Waals surface area (Å²) in [6.45, 7) is 8.40. The second-order valence-electron chi connectivity index (χ2n) is 8.85. The molecule has 1 aromatic rings. The second-order valence-corrected chi connectivity index (χ2v) is 9.21. The molecule has 0 spiro atoms. The smallest absolute Gasteiger partial charge is 0.408 e. The maximum Gasteiger partial charge on any atom is 0.408 e. The summed E-state index contributed by atoms with van der Waals surface area (Å²) in [6, 6.07) is 4.02. The van der Waals surface area contributed by atoms with E-state index in [0.717, 1.165) is 0 Å². The summed E-state index contributed by atoms with van der Waals surface area (Å²) in [5.41, 5.74) is 0.318. The SMILES string of the molecule is C#Cc1ccc(C(C(=O)NCC(=O)OC)N(C(=O)C(CS)NC(=O)OC(C)(C)C)C(C)CC)cc1. The van der Waals surface area contributed by atoms with Gasteiger partial charge >= 0.3 is 12.1 Å². The molecular formula is C25H35N3O6S. The maximum absolute atomic E-state index is 13.7. The number of terminal acetylenes is 1. The van der Waals surface area contributed by atoms with E-state index in [1.165, 1.54) is 12.0 Å². The van der Waals surface area contributed by atoms with Crippen LogP contribution >= 0.6 is 12.6 Å². The van der Waals surface area contributed by atoms with E-state index in [-0.39, 0.29) is 12.3 Å². The number of alkyl carbamates (subject to hydrolysis) is 1. The standard InChI is InChI=1S/C25H35N3O6S/c1-8-16(3)28(23(31)19(15-35)27-24(32)34-25(4,5)6)21(22(30)26-14-20(29)33-7)18-12-10-17(9-2)11-13-18/h2,10-13,16,19,21,35H,8,14-15H2,1,3-7H3,(H,26,30)(H,27,32). The van der Waals surface area contributed by atoms with Gasteiger partial charge in [0.25, 0.3) is 0 Å². The van der Waals surface area contributed by atoms with Crippen LogP contribution in [0.4, 0.5) is 4.79 Å². The number of esters is 1. The van der Waals surface area contributed by atoms with Crippen molar-refractivity contribution in [2.45, 2.75) is 64.8 Å². The average molecular weight is 506 g/mol. The largest absolute Gasteiger partial charge is 0.468 e. The van der Waals surface area contributed by atoms with Gasteiger partial charge in [0, 0.05) is 17.4 Å². The lowest BCUT2D eigenvalue weighted by Gasteiger charge is -2.38. The van der Waals surface area contributed by atoms with Gasteiger partial charge in [-0.3, -0.25) is 14.4 Å². The molecule has 0 saturated carbocycles. The summed E-state index contributed by atoms with van der Waals surface area (Å²) >= 11 is 4.25. The number of carbonyl (C=O) groups excluding carboxylic acids is 4. The first kappa shape index (κ1) is 29.8. The van der Waals surface area contributed by atoms with Crippen LogP contribution in [-0.2, 0) is 23.9 Å². The molecule has 0 bridgehead atoms. The molecule has 9 nitrogen and oxygen atoms in total. The zero-order valence-electron chi connectivity index (χ0n) is 21.1. The van der Waals surface area contributed by atoms with Gasteiger partial charge in [0.05, 0.1) is 7.11 Å². The summed E-state index contributed by atoms with van der Waals surface area (Å²) < 4.78 is 9.88. The lowest BCUT2D eigenvalue weighted by Crippen LogP contribution is -2.56. The lowest BCUT2D eigenvalue weighted by molar-refractivity contribution is -0.146. The fourth-order valence-electron chi connectivity index (χ4n) is 3.14. The van der Waals surface area contributed by atoms with E-state index in [9.17, 15) is 19.2 Å². The highest BCUT2D eigenvalue weighted by atomic mass is 32.1. The van der Waals surface area contributed by atoms with Crippen LogP contribution < -0.4 is 10.6 Å². The van der Waals surface area contributed by atoms with Crippen LogP contribution in [0.1, 0.15) is 58.2 Å². The van der Waals surface area contributed by atoms with Gasteiger partial charge in [0.1, 0.15) is 24.2 Å². The Morgan fingerprint density at radius 3 is 2.23 bits per heavy atom. The molecule has 0 aliphatic heterocycles. The zero-order valence-corrected chi connectivity index (χ0v) is 22.0. The van der Waals surface area contributed by atoms with Gasteiger partial charge in [-0.2, -0.15) is 12.6 Å². The molecule has 3 amide bonds. The van der Waals surface area contributed by atoms with E-state index in [0.29, 0.717) is 17.5 Å². The van der Waals surface area contributed by atoms with Crippen molar-refractivity contribution >= 4 is 36.5 Å². The van der Waals surface area contributed by atoms with E-state index < -0.39 is 47.6 Å². The van der Waals surface area contributed by atoms with Gasteiger partial charge in [0.15, 0.2) is 0 Å². The highest BCUT2D eigenvalue weighted by Crippen LogP contribution is 2.26. The van der Waals surface area contributed by atoms with Crippen molar-refractivity contribution in [1.82, 2.24) is 15.5 Å². The minimum absolute atomic E-state index is 0.0302. The second kappa shape index (κ2) is 13.6. The van der Waals surface area contributed by atoms with Crippen molar-refractivity contribution in [2.24, 2.45) is 0 Å². The van der Waals surface area contributed by atoms with Crippen LogP contribution in [0.15, 0.2) is 24.3 Å². The maximum atomic E-state index is 13.7. The van der Waals surface area contributed by atoms with Crippen LogP contribution in [0.3, 0.4) is 0 Å². The molecule has 1 aromatic carbocycles. The summed E-state index contributed by atoms with van der Waals surface area (Å²) in [6.07, 6.45) is 5.19. The number of amides is 3. The Hall–Kier alpha value is -3.19. The Morgan fingerprint density at radius 1 is 1.17 bits per heavy atom. The Kier molecular flexibility index (Phi) is 11.6. The van der Waals surface area contributed by atoms with E-state index in [4.69, 9.17) is 11.2 Å². The summed E-state index contributed by atoms with van der Waals surface area (Å²) in [4.78, 5) is 52.4. The predicted molar refractivity (Wildman–Crippen MR) is 136 cm³/mol. The first-order valence-corrected chi connectivity index (χ1v) is 11.8. The first-order chi connectivity index (χ1) is 16.4. The van der Waals surface area contributed by atoms with Gasteiger partial charge in [-0.25, -0.2) is 4.79 Å². The molecular weight excluding hydrogens is 470 g/mol. The fourth-order valence-corrected chi connectivity index (χ4v) is 3.39.